The minimum absolute atomic E-state index is 0.369. The van der Waals surface area contributed by atoms with E-state index in [1.54, 1.807) is 0 Å². The molecule has 0 N–H and O–H groups in total. The van der Waals surface area contributed by atoms with E-state index in [4.69, 9.17) is 9.31 Å². The second-order valence-corrected chi connectivity index (χ2v) is 6.92. The number of nitrogens with zero attached hydrogens (tertiary/aromatic N) is 1. The Balaban J connectivity index is 2.03. The smallest absolute Gasteiger partial charge is 0.399 e. The summed E-state index contributed by atoms with van der Waals surface area (Å²) < 4.78 is 14.3. The summed E-state index contributed by atoms with van der Waals surface area (Å²) in [6.07, 6.45) is 6.86. The van der Waals surface area contributed by atoms with Crippen LogP contribution in [0.5, 0.6) is 0 Å². The van der Waals surface area contributed by atoms with E-state index in [1.807, 2.05) is 45.5 Å². The lowest BCUT2D eigenvalue weighted by molar-refractivity contribution is 0.00578. The molecule has 112 valence electrons. The summed E-state index contributed by atoms with van der Waals surface area (Å²) >= 11 is 0. The molecule has 1 fully saturated rings. The number of fused-ring (bicyclic) bond motifs is 1. The van der Waals surface area contributed by atoms with Crippen molar-refractivity contribution in [2.45, 2.75) is 51.7 Å². The zero-order chi connectivity index (χ0) is 15.4. The quantitative estimate of drug-likeness (QED) is 0.620. The van der Waals surface area contributed by atoms with Gasteiger partial charge in [-0.05, 0) is 46.0 Å². The third kappa shape index (κ3) is 2.10. The lowest BCUT2D eigenvalue weighted by Crippen LogP contribution is -2.41. The normalized spacial score (nSPS) is 22.9. The van der Waals surface area contributed by atoms with Crippen molar-refractivity contribution in [3.63, 3.8) is 0 Å². The predicted octanol–water partition coefficient (Wildman–Crippen LogP) is 2.80. The van der Waals surface area contributed by atoms with Crippen LogP contribution in [0.25, 0.3) is 5.47 Å². The summed E-state index contributed by atoms with van der Waals surface area (Å²) in [6.45, 7) is 8.18. The summed E-state index contributed by atoms with van der Waals surface area (Å²) in [4.78, 5) is 11.4. The number of allylic oxidation sites excluding steroid dienone is 1. The molecule has 5 heteroatoms. The Morgan fingerprint density at radius 2 is 1.86 bits per heavy atom. The number of rotatable bonds is 2. The van der Waals surface area contributed by atoms with Crippen LogP contribution in [0.3, 0.4) is 0 Å². The van der Waals surface area contributed by atoms with Gasteiger partial charge in [0, 0.05) is 30.1 Å². The summed E-state index contributed by atoms with van der Waals surface area (Å²) in [5.74, 6) is 0. The SMILES string of the molecule is Cn1cc(C=O)c2c1CCC=C2B1OC(C)(C)C(C)(C)O1. The summed E-state index contributed by atoms with van der Waals surface area (Å²) in [5, 5.41) is 0. The topological polar surface area (TPSA) is 40.5 Å². The van der Waals surface area contributed by atoms with Gasteiger partial charge in [-0.1, -0.05) is 6.08 Å². The fourth-order valence-corrected chi connectivity index (χ4v) is 3.07. The van der Waals surface area contributed by atoms with E-state index < -0.39 is 7.12 Å². The highest BCUT2D eigenvalue weighted by Crippen LogP contribution is 2.42. The van der Waals surface area contributed by atoms with Crippen molar-refractivity contribution < 1.29 is 14.1 Å². The molecule has 2 heterocycles. The van der Waals surface area contributed by atoms with Crippen LogP contribution in [0.15, 0.2) is 12.3 Å². The van der Waals surface area contributed by atoms with Crippen molar-refractivity contribution in [3.8, 4) is 0 Å². The molecule has 3 rings (SSSR count). The Labute approximate surface area is 126 Å². The average Bonchev–Trinajstić information content (AvgIpc) is 2.84. The fourth-order valence-electron chi connectivity index (χ4n) is 3.07. The molecule has 1 aromatic rings. The molecule has 1 aliphatic heterocycles. The van der Waals surface area contributed by atoms with Crippen LogP contribution in [0, 0.1) is 0 Å². The van der Waals surface area contributed by atoms with Crippen LogP contribution in [0.4, 0.5) is 0 Å². The highest BCUT2D eigenvalue weighted by atomic mass is 16.7. The molecule has 1 aromatic heterocycles. The lowest BCUT2D eigenvalue weighted by Gasteiger charge is -2.32. The van der Waals surface area contributed by atoms with Crippen molar-refractivity contribution in [1.29, 1.82) is 0 Å². The molecule has 0 radical (unpaired) electrons. The summed E-state index contributed by atoms with van der Waals surface area (Å²) in [5.41, 5.74) is 3.16. The standard InChI is InChI=1S/C16H22BNO3/c1-15(2)16(3,4)21-17(20-15)12-7-6-8-13-14(12)11(10-19)9-18(13)5/h7,9-10H,6,8H2,1-5H3. The molecule has 0 unspecified atom stereocenters. The molecule has 1 saturated heterocycles. The monoisotopic (exact) mass is 287 g/mol. The van der Waals surface area contributed by atoms with Crippen molar-refractivity contribution in [2.75, 3.05) is 0 Å². The number of carbonyl (C=O) groups is 1. The van der Waals surface area contributed by atoms with Gasteiger partial charge in [-0.3, -0.25) is 4.79 Å². The Morgan fingerprint density at radius 3 is 2.43 bits per heavy atom. The Kier molecular flexibility index (Phi) is 3.19. The van der Waals surface area contributed by atoms with Crippen LogP contribution in [-0.4, -0.2) is 29.2 Å². The van der Waals surface area contributed by atoms with Gasteiger partial charge in [0.05, 0.1) is 11.2 Å². The first-order valence-corrected chi connectivity index (χ1v) is 7.46. The van der Waals surface area contributed by atoms with Crippen molar-refractivity contribution in [2.24, 2.45) is 7.05 Å². The summed E-state index contributed by atoms with van der Waals surface area (Å²) in [7, 11) is 1.58. The molecule has 0 spiro atoms. The van der Waals surface area contributed by atoms with Gasteiger partial charge in [0.1, 0.15) is 0 Å². The zero-order valence-corrected chi connectivity index (χ0v) is 13.4. The fraction of sp³-hybridized carbons (Fsp3) is 0.562. The number of aromatic nitrogens is 1. The Hall–Kier alpha value is -1.33. The number of hydrogen-bond donors (Lipinski definition) is 0. The van der Waals surface area contributed by atoms with E-state index in [0.717, 1.165) is 30.2 Å². The van der Waals surface area contributed by atoms with Crippen molar-refractivity contribution in [1.82, 2.24) is 4.57 Å². The molecule has 1 aliphatic carbocycles. The minimum Gasteiger partial charge on any atom is -0.399 e. The molecule has 4 nitrogen and oxygen atoms in total. The molecular weight excluding hydrogens is 265 g/mol. The highest BCUT2D eigenvalue weighted by Gasteiger charge is 2.53. The van der Waals surface area contributed by atoms with Gasteiger partial charge in [0.2, 0.25) is 0 Å². The molecule has 0 bridgehead atoms. The molecular formula is C16H22BNO3. The average molecular weight is 287 g/mol. The molecule has 0 aromatic carbocycles. The lowest BCUT2D eigenvalue weighted by atomic mass is 9.70. The first-order valence-electron chi connectivity index (χ1n) is 7.46. The van der Waals surface area contributed by atoms with E-state index >= 15 is 0 Å². The van der Waals surface area contributed by atoms with Crippen LogP contribution in [-0.2, 0) is 22.8 Å². The van der Waals surface area contributed by atoms with Crippen LogP contribution in [0.2, 0.25) is 0 Å². The first-order chi connectivity index (χ1) is 9.77. The van der Waals surface area contributed by atoms with Crippen molar-refractivity contribution in [3.05, 3.63) is 29.1 Å². The summed E-state index contributed by atoms with van der Waals surface area (Å²) in [6, 6.07) is 0. The number of aryl methyl sites for hydroxylation is 1. The van der Waals surface area contributed by atoms with Gasteiger partial charge in [-0.2, -0.15) is 0 Å². The third-order valence-corrected chi connectivity index (χ3v) is 5.00. The maximum Gasteiger partial charge on any atom is 0.495 e. The van der Waals surface area contributed by atoms with Gasteiger partial charge < -0.3 is 13.9 Å². The van der Waals surface area contributed by atoms with Gasteiger partial charge in [-0.25, -0.2) is 0 Å². The minimum atomic E-state index is -0.407. The van der Waals surface area contributed by atoms with Gasteiger partial charge in [-0.15, -0.1) is 0 Å². The van der Waals surface area contributed by atoms with Crippen LogP contribution < -0.4 is 0 Å². The van der Waals surface area contributed by atoms with E-state index in [1.165, 1.54) is 5.69 Å². The predicted molar refractivity (Wildman–Crippen MR) is 83.2 cm³/mol. The van der Waals surface area contributed by atoms with E-state index in [0.29, 0.717) is 5.56 Å². The van der Waals surface area contributed by atoms with E-state index in [9.17, 15) is 4.79 Å². The molecule has 0 atom stereocenters. The Morgan fingerprint density at radius 1 is 1.24 bits per heavy atom. The van der Waals surface area contributed by atoms with Gasteiger partial charge in [0.15, 0.2) is 6.29 Å². The first kappa shape index (κ1) is 14.6. The van der Waals surface area contributed by atoms with E-state index in [-0.39, 0.29) is 11.2 Å². The van der Waals surface area contributed by atoms with Crippen LogP contribution in [0.1, 0.15) is 55.7 Å². The molecule has 21 heavy (non-hydrogen) atoms. The Bertz CT molecular complexity index is 612. The van der Waals surface area contributed by atoms with Crippen LogP contribution >= 0.6 is 0 Å². The highest BCUT2D eigenvalue weighted by molar-refractivity contribution is 6.69. The third-order valence-electron chi connectivity index (χ3n) is 5.00. The molecule has 0 saturated carbocycles. The maximum atomic E-state index is 11.4. The number of carbonyl (C=O) groups excluding carboxylic acids is 1. The second-order valence-electron chi connectivity index (χ2n) is 6.92. The number of hydrogen-bond acceptors (Lipinski definition) is 3. The van der Waals surface area contributed by atoms with Gasteiger partial charge in [0.25, 0.3) is 0 Å². The van der Waals surface area contributed by atoms with E-state index in [2.05, 4.69) is 6.08 Å². The second kappa shape index (κ2) is 4.58. The zero-order valence-electron chi connectivity index (χ0n) is 13.4. The molecule has 2 aliphatic rings. The van der Waals surface area contributed by atoms with Gasteiger partial charge >= 0.3 is 7.12 Å². The van der Waals surface area contributed by atoms with Crippen molar-refractivity contribution >= 4 is 18.9 Å². The largest absolute Gasteiger partial charge is 0.495 e. The molecule has 0 amide bonds. The maximum absolute atomic E-state index is 11.4. The number of aldehydes is 1.